The first-order valence-electron chi connectivity index (χ1n) is 7.20. The molecule has 2 heterocycles. The number of hydrogen-bond acceptors (Lipinski definition) is 5. The number of rotatable bonds is 2. The van der Waals surface area contributed by atoms with E-state index in [2.05, 4.69) is 15.3 Å². The molecule has 6 nitrogen and oxygen atoms in total. The van der Waals surface area contributed by atoms with Gasteiger partial charge in [0.25, 0.3) is 0 Å². The summed E-state index contributed by atoms with van der Waals surface area (Å²) in [6.45, 7) is 1.72. The predicted molar refractivity (Wildman–Crippen MR) is 84.3 cm³/mol. The van der Waals surface area contributed by atoms with Crippen LogP contribution in [0.1, 0.15) is 21.6 Å². The van der Waals surface area contributed by atoms with Crippen LogP contribution in [0.4, 0.5) is 4.39 Å². The van der Waals surface area contributed by atoms with Gasteiger partial charge in [0, 0.05) is 22.9 Å². The number of carbonyl (C=O) groups excluding carboxylic acids is 1. The molecule has 0 amide bonds. The zero-order valence-electron chi connectivity index (χ0n) is 12.6. The molecule has 0 fully saturated rings. The maximum absolute atomic E-state index is 13.9. The number of carbonyl (C=O) groups is 1. The smallest absolute Gasteiger partial charge is 0.238 e. The van der Waals surface area contributed by atoms with Crippen molar-refractivity contribution in [1.29, 1.82) is 0 Å². The molecule has 0 saturated carbocycles. The number of phenolic OH excluding ortho intramolecular Hbond substituents is 1. The topological polar surface area (TPSA) is 80.9 Å². The van der Waals surface area contributed by atoms with Crippen LogP contribution in [0, 0.1) is 12.9 Å². The Bertz CT molecular complexity index is 1020. The Balaban J connectivity index is 1.87. The van der Waals surface area contributed by atoms with Gasteiger partial charge in [-0.05, 0) is 43.3 Å². The largest absolute Gasteiger partial charge is 0.507 e. The molecule has 7 heteroatoms. The SMILES string of the molecule is Cc1c(-c2ccc3c(c2O)C=CC3=O)nnn1-c1cccnc1F. The van der Waals surface area contributed by atoms with E-state index in [1.807, 2.05) is 0 Å². The number of nitrogens with zero attached hydrogens (tertiary/aromatic N) is 4. The molecule has 0 spiro atoms. The average Bonchev–Trinajstić information content (AvgIpc) is 3.13. The van der Waals surface area contributed by atoms with E-state index in [4.69, 9.17) is 0 Å². The number of aromatic nitrogens is 4. The second kappa shape index (κ2) is 5.09. The van der Waals surface area contributed by atoms with Gasteiger partial charge in [0.2, 0.25) is 5.95 Å². The average molecular weight is 322 g/mol. The Morgan fingerprint density at radius 2 is 1.96 bits per heavy atom. The molecule has 1 aliphatic carbocycles. The van der Waals surface area contributed by atoms with Crippen molar-refractivity contribution in [3.8, 4) is 22.7 Å². The first-order valence-corrected chi connectivity index (χ1v) is 7.20. The lowest BCUT2D eigenvalue weighted by atomic mass is 10.0. The van der Waals surface area contributed by atoms with E-state index in [-0.39, 0.29) is 17.2 Å². The second-order valence-corrected chi connectivity index (χ2v) is 5.37. The highest BCUT2D eigenvalue weighted by Crippen LogP contribution is 2.38. The van der Waals surface area contributed by atoms with E-state index < -0.39 is 5.95 Å². The first-order chi connectivity index (χ1) is 11.6. The van der Waals surface area contributed by atoms with E-state index in [1.165, 1.54) is 23.0 Å². The zero-order valence-corrected chi connectivity index (χ0v) is 12.6. The molecule has 0 bridgehead atoms. The van der Waals surface area contributed by atoms with Gasteiger partial charge in [-0.15, -0.1) is 5.10 Å². The van der Waals surface area contributed by atoms with Gasteiger partial charge in [0.05, 0.1) is 5.69 Å². The summed E-state index contributed by atoms with van der Waals surface area (Å²) in [5.74, 6) is -0.857. The summed E-state index contributed by atoms with van der Waals surface area (Å²) in [4.78, 5) is 15.3. The van der Waals surface area contributed by atoms with Crippen molar-refractivity contribution in [2.75, 3.05) is 0 Å². The Morgan fingerprint density at radius 3 is 2.75 bits per heavy atom. The van der Waals surface area contributed by atoms with Crippen LogP contribution < -0.4 is 0 Å². The van der Waals surface area contributed by atoms with Crippen LogP contribution in [0.2, 0.25) is 0 Å². The Kier molecular flexibility index (Phi) is 3.02. The van der Waals surface area contributed by atoms with Crippen LogP contribution in [0.25, 0.3) is 23.0 Å². The van der Waals surface area contributed by atoms with Gasteiger partial charge in [-0.3, -0.25) is 4.79 Å². The van der Waals surface area contributed by atoms with Gasteiger partial charge in [-0.2, -0.15) is 4.39 Å². The number of phenols is 1. The molecule has 2 aromatic heterocycles. The van der Waals surface area contributed by atoms with E-state index in [0.717, 1.165) is 0 Å². The third kappa shape index (κ3) is 1.95. The molecule has 0 unspecified atom stereocenters. The van der Waals surface area contributed by atoms with Crippen LogP contribution in [0.15, 0.2) is 36.5 Å². The molecule has 0 aliphatic heterocycles. The Labute approximate surface area is 135 Å². The van der Waals surface area contributed by atoms with Crippen molar-refractivity contribution in [2.24, 2.45) is 0 Å². The minimum Gasteiger partial charge on any atom is -0.507 e. The van der Waals surface area contributed by atoms with Crippen LogP contribution in [-0.4, -0.2) is 30.9 Å². The van der Waals surface area contributed by atoms with Crippen LogP contribution in [0.5, 0.6) is 5.75 Å². The van der Waals surface area contributed by atoms with Crippen LogP contribution in [-0.2, 0) is 0 Å². The summed E-state index contributed by atoms with van der Waals surface area (Å²) < 4.78 is 15.2. The minimum atomic E-state index is -0.663. The molecular weight excluding hydrogens is 311 g/mol. The summed E-state index contributed by atoms with van der Waals surface area (Å²) in [5, 5.41) is 18.5. The summed E-state index contributed by atoms with van der Waals surface area (Å²) >= 11 is 0. The lowest BCUT2D eigenvalue weighted by Crippen LogP contribution is -2.03. The number of benzene rings is 1. The molecule has 0 atom stereocenters. The molecule has 1 aliphatic rings. The molecule has 118 valence electrons. The first kappa shape index (κ1) is 14.3. The normalized spacial score (nSPS) is 12.7. The third-order valence-corrected chi connectivity index (χ3v) is 4.00. The van der Waals surface area contributed by atoms with Crippen molar-refractivity contribution in [3.05, 3.63) is 59.3 Å². The highest BCUT2D eigenvalue weighted by molar-refractivity contribution is 6.15. The maximum atomic E-state index is 13.9. The van der Waals surface area contributed by atoms with Gasteiger partial charge in [0.15, 0.2) is 5.78 Å². The van der Waals surface area contributed by atoms with Gasteiger partial charge >= 0.3 is 0 Å². The fourth-order valence-electron chi connectivity index (χ4n) is 2.77. The summed E-state index contributed by atoms with van der Waals surface area (Å²) in [7, 11) is 0. The lowest BCUT2D eigenvalue weighted by Gasteiger charge is -2.08. The summed E-state index contributed by atoms with van der Waals surface area (Å²) in [6, 6.07) is 6.39. The standard InChI is InChI=1S/C17H11FN4O2/c1-9-15(20-21-22(9)13-3-2-8-19-17(13)18)12-5-4-10-11(16(12)24)6-7-14(10)23/h2-8,24H,1H3. The molecule has 4 rings (SSSR count). The predicted octanol–water partition coefficient (Wildman–Crippen LogP) is 2.69. The fourth-order valence-corrected chi connectivity index (χ4v) is 2.77. The van der Waals surface area contributed by atoms with E-state index in [1.54, 1.807) is 31.2 Å². The van der Waals surface area contributed by atoms with Crippen molar-refractivity contribution in [3.63, 3.8) is 0 Å². The highest BCUT2D eigenvalue weighted by atomic mass is 19.1. The van der Waals surface area contributed by atoms with Crippen LogP contribution >= 0.6 is 0 Å². The molecule has 1 N–H and O–H groups in total. The van der Waals surface area contributed by atoms with Crippen LogP contribution in [0.3, 0.4) is 0 Å². The number of halogens is 1. The molecule has 0 radical (unpaired) electrons. The second-order valence-electron chi connectivity index (χ2n) is 5.37. The zero-order chi connectivity index (χ0) is 16.8. The summed E-state index contributed by atoms with van der Waals surface area (Å²) in [5.41, 5.74) is 2.46. The Hall–Kier alpha value is -3.35. The van der Waals surface area contributed by atoms with Gasteiger partial charge in [-0.25, -0.2) is 9.67 Å². The molecule has 1 aromatic carbocycles. The molecule has 3 aromatic rings. The number of aromatic hydroxyl groups is 1. The van der Waals surface area contributed by atoms with Gasteiger partial charge < -0.3 is 5.11 Å². The number of allylic oxidation sites excluding steroid dienone is 1. The quantitative estimate of drug-likeness (QED) is 0.734. The number of fused-ring (bicyclic) bond motifs is 1. The fraction of sp³-hybridized carbons (Fsp3) is 0.0588. The number of hydrogen-bond donors (Lipinski definition) is 1. The van der Waals surface area contributed by atoms with E-state index in [9.17, 15) is 14.3 Å². The van der Waals surface area contributed by atoms with Gasteiger partial charge in [0.1, 0.15) is 17.1 Å². The van der Waals surface area contributed by atoms with E-state index >= 15 is 0 Å². The number of ketones is 1. The lowest BCUT2D eigenvalue weighted by molar-refractivity contribution is 0.105. The van der Waals surface area contributed by atoms with E-state index in [0.29, 0.717) is 28.1 Å². The Morgan fingerprint density at radius 1 is 1.17 bits per heavy atom. The molecule has 0 saturated heterocycles. The van der Waals surface area contributed by atoms with Crippen molar-refractivity contribution >= 4 is 11.9 Å². The van der Waals surface area contributed by atoms with Crippen molar-refractivity contribution in [1.82, 2.24) is 20.0 Å². The highest BCUT2D eigenvalue weighted by Gasteiger charge is 2.23. The monoisotopic (exact) mass is 322 g/mol. The molecular formula is C17H11FN4O2. The number of pyridine rings is 1. The third-order valence-electron chi connectivity index (χ3n) is 4.00. The minimum absolute atomic E-state index is 0.0450. The van der Waals surface area contributed by atoms with Crippen molar-refractivity contribution < 1.29 is 14.3 Å². The summed E-state index contributed by atoms with van der Waals surface area (Å²) in [6.07, 6.45) is 4.32. The maximum Gasteiger partial charge on any atom is 0.238 e. The van der Waals surface area contributed by atoms with Crippen molar-refractivity contribution in [2.45, 2.75) is 6.92 Å². The molecule has 24 heavy (non-hydrogen) atoms. The van der Waals surface area contributed by atoms with Gasteiger partial charge in [-0.1, -0.05) is 5.21 Å².